The molecule has 144 valence electrons. The fourth-order valence-corrected chi connectivity index (χ4v) is 3.41. The van der Waals surface area contributed by atoms with Crippen LogP contribution in [0.1, 0.15) is 24.2 Å². The molecule has 0 unspecified atom stereocenters. The molecule has 0 radical (unpaired) electrons. The zero-order valence-electron chi connectivity index (χ0n) is 15.1. The van der Waals surface area contributed by atoms with E-state index < -0.39 is 16.0 Å². The normalized spacial score (nSPS) is 10.8. The maximum absolute atomic E-state index is 12.8. The third-order valence-electron chi connectivity index (χ3n) is 3.45. The van der Waals surface area contributed by atoms with Crippen LogP contribution in [-0.2, 0) is 19.6 Å². The molecule has 0 bridgehead atoms. The summed E-state index contributed by atoms with van der Waals surface area (Å²) in [7, 11) is -2.82. The Morgan fingerprint density at radius 3 is 2.41 bits per heavy atom. The summed E-state index contributed by atoms with van der Waals surface area (Å²) in [5.41, 5.74) is 0.393. The van der Waals surface area contributed by atoms with Crippen LogP contribution < -0.4 is 14.8 Å². The van der Waals surface area contributed by atoms with Crippen molar-refractivity contribution < 1.29 is 27.5 Å². The van der Waals surface area contributed by atoms with E-state index in [1.54, 1.807) is 19.1 Å². The lowest BCUT2D eigenvalue weighted by Crippen LogP contribution is -2.17. The van der Waals surface area contributed by atoms with Gasteiger partial charge in [-0.1, -0.05) is 12.1 Å². The Bertz CT molecular complexity index is 956. The number of methoxy groups -OCH3 is 1. The van der Waals surface area contributed by atoms with Crippen LogP contribution in [0.25, 0.3) is 0 Å². The molecule has 8 nitrogen and oxygen atoms in total. The van der Waals surface area contributed by atoms with E-state index in [4.69, 9.17) is 4.74 Å². The van der Waals surface area contributed by atoms with Crippen molar-refractivity contribution in [3.63, 3.8) is 0 Å². The highest BCUT2D eigenvalue weighted by atomic mass is 32.2. The smallest absolute Gasteiger partial charge is 0.339 e. The predicted octanol–water partition coefficient (Wildman–Crippen LogP) is 2.63. The monoisotopic (exact) mass is 392 g/mol. The molecule has 0 fully saturated rings. The van der Waals surface area contributed by atoms with E-state index in [0.717, 1.165) is 0 Å². The number of anilines is 2. The first-order chi connectivity index (χ1) is 12.8. The largest absolute Gasteiger partial charge is 0.492 e. The second-order valence-electron chi connectivity index (χ2n) is 5.41. The van der Waals surface area contributed by atoms with Crippen LogP contribution in [0.3, 0.4) is 0 Å². The van der Waals surface area contributed by atoms with Gasteiger partial charge >= 0.3 is 5.97 Å². The molecular formula is C18H20N2O6S. The molecule has 2 aromatic rings. The number of esters is 1. The summed E-state index contributed by atoms with van der Waals surface area (Å²) in [6.45, 7) is 3.43. The Labute approximate surface area is 157 Å². The average Bonchev–Trinajstić information content (AvgIpc) is 2.62. The van der Waals surface area contributed by atoms with E-state index in [1.807, 2.05) is 0 Å². The third-order valence-corrected chi connectivity index (χ3v) is 4.81. The number of benzene rings is 2. The SMILES string of the molecule is CCOc1ccc(S(=O)(=O)Nc2ccccc2C(=O)OC)cc1NC(C)=O. The van der Waals surface area contributed by atoms with Gasteiger partial charge in [0, 0.05) is 6.92 Å². The number of hydrogen-bond donors (Lipinski definition) is 2. The Morgan fingerprint density at radius 1 is 1.07 bits per heavy atom. The van der Waals surface area contributed by atoms with Gasteiger partial charge in [-0.2, -0.15) is 0 Å². The summed E-state index contributed by atoms with van der Waals surface area (Å²) in [5.74, 6) is -0.685. The molecule has 0 saturated carbocycles. The fraction of sp³-hybridized carbons (Fsp3) is 0.222. The quantitative estimate of drug-likeness (QED) is 0.701. The molecule has 9 heteroatoms. The van der Waals surface area contributed by atoms with Gasteiger partial charge in [0.2, 0.25) is 5.91 Å². The number of rotatable bonds is 7. The van der Waals surface area contributed by atoms with Gasteiger partial charge in [-0.15, -0.1) is 0 Å². The molecule has 27 heavy (non-hydrogen) atoms. The van der Waals surface area contributed by atoms with Gasteiger partial charge in [-0.3, -0.25) is 9.52 Å². The molecule has 2 rings (SSSR count). The highest BCUT2D eigenvalue weighted by molar-refractivity contribution is 7.92. The van der Waals surface area contributed by atoms with Gasteiger partial charge in [-0.05, 0) is 37.3 Å². The number of carbonyl (C=O) groups is 2. The first-order valence-corrected chi connectivity index (χ1v) is 9.51. The number of hydrogen-bond acceptors (Lipinski definition) is 6. The van der Waals surface area contributed by atoms with Crippen molar-refractivity contribution in [1.82, 2.24) is 0 Å². The zero-order chi connectivity index (χ0) is 20.0. The highest BCUT2D eigenvalue weighted by Gasteiger charge is 2.20. The van der Waals surface area contributed by atoms with Gasteiger partial charge in [0.15, 0.2) is 0 Å². The van der Waals surface area contributed by atoms with Gasteiger partial charge < -0.3 is 14.8 Å². The number of amides is 1. The number of nitrogens with one attached hydrogen (secondary N) is 2. The summed E-state index contributed by atoms with van der Waals surface area (Å²) < 4.78 is 37.9. The van der Waals surface area contributed by atoms with Crippen LogP contribution in [-0.4, -0.2) is 34.0 Å². The lowest BCUT2D eigenvalue weighted by Gasteiger charge is -2.14. The summed E-state index contributed by atoms with van der Waals surface area (Å²) in [6.07, 6.45) is 0. The van der Waals surface area contributed by atoms with Crippen molar-refractivity contribution in [3.05, 3.63) is 48.0 Å². The predicted molar refractivity (Wildman–Crippen MR) is 101 cm³/mol. The fourth-order valence-electron chi connectivity index (χ4n) is 2.31. The van der Waals surface area contributed by atoms with Crippen molar-refractivity contribution in [2.45, 2.75) is 18.7 Å². The molecule has 0 atom stereocenters. The maximum Gasteiger partial charge on any atom is 0.339 e. The number of carbonyl (C=O) groups excluding carboxylic acids is 2. The number of ether oxygens (including phenoxy) is 2. The topological polar surface area (TPSA) is 111 Å². The Hall–Kier alpha value is -3.07. The standard InChI is InChI=1S/C18H20N2O6S/c1-4-26-17-10-9-13(11-16(17)19-12(2)21)27(23,24)20-15-8-6-5-7-14(15)18(22)25-3/h5-11,20H,4H2,1-3H3,(H,19,21). The number of para-hydroxylation sites is 1. The van der Waals surface area contributed by atoms with Crippen molar-refractivity contribution in [1.29, 1.82) is 0 Å². The first kappa shape index (κ1) is 20.2. The minimum atomic E-state index is -4.03. The minimum Gasteiger partial charge on any atom is -0.492 e. The molecule has 0 saturated heterocycles. The van der Waals surface area contributed by atoms with Crippen molar-refractivity contribution >= 4 is 33.3 Å². The first-order valence-electron chi connectivity index (χ1n) is 8.03. The van der Waals surface area contributed by atoms with E-state index in [2.05, 4.69) is 14.8 Å². The van der Waals surface area contributed by atoms with Crippen LogP contribution in [0, 0.1) is 0 Å². The van der Waals surface area contributed by atoms with Crippen molar-refractivity contribution in [2.24, 2.45) is 0 Å². The van der Waals surface area contributed by atoms with Crippen LogP contribution in [0.2, 0.25) is 0 Å². The second kappa shape index (κ2) is 8.54. The molecule has 1 amide bonds. The Morgan fingerprint density at radius 2 is 1.78 bits per heavy atom. The van der Waals surface area contributed by atoms with Gasteiger partial charge in [0.25, 0.3) is 10.0 Å². The third kappa shape index (κ3) is 4.98. The molecule has 0 aromatic heterocycles. The summed E-state index contributed by atoms with van der Waals surface area (Å²) in [5, 5.41) is 2.54. The second-order valence-corrected chi connectivity index (χ2v) is 7.10. The highest BCUT2D eigenvalue weighted by Crippen LogP contribution is 2.29. The Kier molecular flexibility index (Phi) is 6.40. The van der Waals surface area contributed by atoms with Crippen molar-refractivity contribution in [3.8, 4) is 5.75 Å². The van der Waals surface area contributed by atoms with E-state index in [1.165, 1.54) is 44.4 Å². The molecule has 0 spiro atoms. The van der Waals surface area contributed by atoms with Crippen LogP contribution in [0.5, 0.6) is 5.75 Å². The van der Waals surface area contributed by atoms with E-state index >= 15 is 0 Å². The van der Waals surface area contributed by atoms with Gasteiger partial charge in [0.1, 0.15) is 5.75 Å². The molecule has 0 aliphatic rings. The molecule has 0 heterocycles. The van der Waals surface area contributed by atoms with Gasteiger partial charge in [0.05, 0.1) is 35.6 Å². The number of sulfonamides is 1. The lowest BCUT2D eigenvalue weighted by molar-refractivity contribution is -0.114. The van der Waals surface area contributed by atoms with Crippen molar-refractivity contribution in [2.75, 3.05) is 23.8 Å². The Balaban J connectivity index is 2.42. The summed E-state index contributed by atoms with van der Waals surface area (Å²) in [4.78, 5) is 23.1. The van der Waals surface area contributed by atoms with Crippen LogP contribution >= 0.6 is 0 Å². The summed E-state index contributed by atoms with van der Waals surface area (Å²) >= 11 is 0. The summed E-state index contributed by atoms with van der Waals surface area (Å²) in [6, 6.07) is 10.2. The zero-order valence-corrected chi connectivity index (χ0v) is 15.9. The molecule has 2 aromatic carbocycles. The van der Waals surface area contributed by atoms with Crippen LogP contribution in [0.4, 0.5) is 11.4 Å². The average molecular weight is 392 g/mol. The lowest BCUT2D eigenvalue weighted by atomic mass is 10.2. The van der Waals surface area contributed by atoms with E-state index in [-0.39, 0.29) is 27.7 Å². The molecule has 0 aliphatic heterocycles. The molecular weight excluding hydrogens is 372 g/mol. The van der Waals surface area contributed by atoms with Crippen LogP contribution in [0.15, 0.2) is 47.4 Å². The molecule has 2 N–H and O–H groups in total. The van der Waals surface area contributed by atoms with E-state index in [9.17, 15) is 18.0 Å². The maximum atomic E-state index is 12.8. The van der Waals surface area contributed by atoms with Gasteiger partial charge in [-0.25, -0.2) is 13.2 Å². The minimum absolute atomic E-state index is 0.0802. The van der Waals surface area contributed by atoms with E-state index in [0.29, 0.717) is 12.4 Å². The molecule has 0 aliphatic carbocycles.